The predicted molar refractivity (Wildman–Crippen MR) is 63.9 cm³/mol. The summed E-state index contributed by atoms with van der Waals surface area (Å²) in [5.74, 6) is 0.195. The number of carbonyl (C=O) groups excluding carboxylic acids is 1. The van der Waals surface area contributed by atoms with E-state index < -0.39 is 0 Å². The van der Waals surface area contributed by atoms with Crippen LogP contribution in [0.15, 0.2) is 17.8 Å². The Bertz CT molecular complexity index is 451. The molecule has 2 aromatic heterocycles. The molecule has 0 aliphatic rings. The highest BCUT2D eigenvalue weighted by Crippen LogP contribution is 2.22. The van der Waals surface area contributed by atoms with Crippen LogP contribution in [0.2, 0.25) is 0 Å². The summed E-state index contributed by atoms with van der Waals surface area (Å²) in [6.07, 6.45) is 2.24. The summed E-state index contributed by atoms with van der Waals surface area (Å²) in [5.41, 5.74) is 2.96. The third-order valence-corrected chi connectivity index (χ3v) is 4.23. The van der Waals surface area contributed by atoms with Crippen LogP contribution in [0.4, 0.5) is 0 Å². The van der Waals surface area contributed by atoms with Crippen LogP contribution in [0.25, 0.3) is 0 Å². The maximum atomic E-state index is 11.9. The number of rotatable bonds is 3. The first-order valence-electron chi connectivity index (χ1n) is 4.64. The summed E-state index contributed by atoms with van der Waals surface area (Å²) >= 11 is 3.11. The third-order valence-electron chi connectivity index (χ3n) is 2.26. The SMILES string of the molecule is Cc1cc(C(=O)Cc2cncs2)sc1C. The van der Waals surface area contributed by atoms with Gasteiger partial charge >= 0.3 is 0 Å². The molecule has 0 aliphatic carbocycles. The van der Waals surface area contributed by atoms with Gasteiger partial charge in [-0.1, -0.05) is 0 Å². The van der Waals surface area contributed by atoms with Crippen molar-refractivity contribution in [1.29, 1.82) is 0 Å². The number of carbonyl (C=O) groups is 1. The van der Waals surface area contributed by atoms with Gasteiger partial charge in [0.2, 0.25) is 0 Å². The van der Waals surface area contributed by atoms with E-state index in [0.29, 0.717) is 6.42 Å². The van der Waals surface area contributed by atoms with E-state index in [2.05, 4.69) is 4.98 Å². The second kappa shape index (κ2) is 4.24. The summed E-state index contributed by atoms with van der Waals surface area (Å²) in [6.45, 7) is 4.08. The molecule has 2 heterocycles. The van der Waals surface area contributed by atoms with Gasteiger partial charge in [0, 0.05) is 22.4 Å². The average Bonchev–Trinajstić information content (AvgIpc) is 2.78. The molecule has 0 bridgehead atoms. The van der Waals surface area contributed by atoms with Gasteiger partial charge in [0.1, 0.15) is 0 Å². The zero-order valence-electron chi connectivity index (χ0n) is 8.61. The summed E-state index contributed by atoms with van der Waals surface area (Å²) in [7, 11) is 0. The zero-order valence-corrected chi connectivity index (χ0v) is 10.2. The lowest BCUT2D eigenvalue weighted by Crippen LogP contribution is -1.99. The lowest BCUT2D eigenvalue weighted by atomic mass is 10.2. The molecule has 2 rings (SSSR count). The average molecular weight is 237 g/mol. The largest absolute Gasteiger partial charge is 0.293 e. The Morgan fingerprint density at radius 1 is 1.47 bits per heavy atom. The number of aromatic nitrogens is 1. The van der Waals surface area contributed by atoms with Crippen molar-refractivity contribution in [3.8, 4) is 0 Å². The Morgan fingerprint density at radius 3 is 2.80 bits per heavy atom. The van der Waals surface area contributed by atoms with Gasteiger partial charge in [-0.25, -0.2) is 0 Å². The van der Waals surface area contributed by atoms with Crippen LogP contribution in [0, 0.1) is 13.8 Å². The molecule has 0 N–H and O–H groups in total. The van der Waals surface area contributed by atoms with Gasteiger partial charge in [-0.2, -0.15) is 0 Å². The van der Waals surface area contributed by atoms with Gasteiger partial charge in [-0.15, -0.1) is 22.7 Å². The predicted octanol–water partition coefficient (Wildman–Crippen LogP) is 3.25. The monoisotopic (exact) mass is 237 g/mol. The fraction of sp³-hybridized carbons (Fsp3) is 0.273. The Labute approximate surface area is 96.6 Å². The molecular formula is C11H11NOS2. The number of nitrogens with zero attached hydrogens (tertiary/aromatic N) is 1. The number of hydrogen-bond acceptors (Lipinski definition) is 4. The highest BCUT2D eigenvalue weighted by molar-refractivity contribution is 7.14. The topological polar surface area (TPSA) is 30.0 Å². The van der Waals surface area contributed by atoms with Crippen molar-refractivity contribution >= 4 is 28.5 Å². The van der Waals surface area contributed by atoms with Crippen molar-refractivity contribution in [2.45, 2.75) is 20.3 Å². The van der Waals surface area contributed by atoms with Crippen LogP contribution in [0.3, 0.4) is 0 Å². The molecular weight excluding hydrogens is 226 g/mol. The first kappa shape index (κ1) is 10.5. The van der Waals surface area contributed by atoms with Crippen molar-refractivity contribution in [3.05, 3.63) is 38.0 Å². The van der Waals surface area contributed by atoms with Crippen LogP contribution in [0.5, 0.6) is 0 Å². The number of ketones is 1. The fourth-order valence-electron chi connectivity index (χ4n) is 1.29. The van der Waals surface area contributed by atoms with Gasteiger partial charge < -0.3 is 0 Å². The molecule has 78 valence electrons. The van der Waals surface area contributed by atoms with Crippen LogP contribution in [0.1, 0.15) is 25.0 Å². The van der Waals surface area contributed by atoms with E-state index in [0.717, 1.165) is 9.75 Å². The Morgan fingerprint density at radius 2 is 2.27 bits per heavy atom. The van der Waals surface area contributed by atoms with Crippen molar-refractivity contribution in [2.24, 2.45) is 0 Å². The van der Waals surface area contributed by atoms with Gasteiger partial charge in [0.15, 0.2) is 5.78 Å². The smallest absolute Gasteiger partial charge is 0.178 e. The molecule has 2 aromatic rings. The Balaban J connectivity index is 2.15. The number of aryl methyl sites for hydroxylation is 2. The Hall–Kier alpha value is -1.00. The number of Topliss-reactive ketones (excluding diaryl/α,β-unsaturated/α-hetero) is 1. The van der Waals surface area contributed by atoms with Gasteiger partial charge in [-0.05, 0) is 25.5 Å². The van der Waals surface area contributed by atoms with E-state index >= 15 is 0 Å². The minimum Gasteiger partial charge on any atom is -0.293 e. The molecule has 15 heavy (non-hydrogen) atoms. The van der Waals surface area contributed by atoms with E-state index in [1.807, 2.05) is 19.9 Å². The molecule has 0 fully saturated rings. The van der Waals surface area contributed by atoms with E-state index in [-0.39, 0.29) is 5.78 Å². The molecule has 0 aliphatic heterocycles. The van der Waals surface area contributed by atoms with Crippen molar-refractivity contribution in [3.63, 3.8) is 0 Å². The van der Waals surface area contributed by atoms with Crippen LogP contribution in [-0.2, 0) is 6.42 Å². The van der Waals surface area contributed by atoms with E-state index in [1.165, 1.54) is 21.8 Å². The standard InChI is InChI=1S/C11H11NOS2/c1-7-3-11(15-8(7)2)10(13)4-9-5-12-6-14-9/h3,5-6H,4H2,1-2H3. The lowest BCUT2D eigenvalue weighted by molar-refractivity contribution is 0.0997. The zero-order chi connectivity index (χ0) is 10.8. The molecule has 0 saturated carbocycles. The lowest BCUT2D eigenvalue weighted by Gasteiger charge is -1.93. The number of thiazole rings is 1. The normalized spacial score (nSPS) is 10.5. The fourth-order valence-corrected chi connectivity index (χ4v) is 2.85. The van der Waals surface area contributed by atoms with Crippen LogP contribution >= 0.6 is 22.7 Å². The molecule has 0 saturated heterocycles. The van der Waals surface area contributed by atoms with Crippen molar-refractivity contribution in [1.82, 2.24) is 4.98 Å². The van der Waals surface area contributed by atoms with Crippen molar-refractivity contribution in [2.75, 3.05) is 0 Å². The molecule has 2 nitrogen and oxygen atoms in total. The molecule has 0 aromatic carbocycles. The molecule has 0 atom stereocenters. The summed E-state index contributed by atoms with van der Waals surface area (Å²) in [6, 6.07) is 1.98. The summed E-state index contributed by atoms with van der Waals surface area (Å²) in [5, 5.41) is 0. The second-order valence-electron chi connectivity index (χ2n) is 3.42. The highest BCUT2D eigenvalue weighted by atomic mass is 32.1. The maximum Gasteiger partial charge on any atom is 0.178 e. The van der Waals surface area contributed by atoms with Crippen LogP contribution in [-0.4, -0.2) is 10.8 Å². The highest BCUT2D eigenvalue weighted by Gasteiger charge is 2.11. The molecule has 4 heteroatoms. The number of thiophene rings is 1. The van der Waals surface area contributed by atoms with E-state index in [1.54, 1.807) is 23.0 Å². The minimum atomic E-state index is 0.195. The third kappa shape index (κ3) is 2.33. The summed E-state index contributed by atoms with van der Waals surface area (Å²) in [4.78, 5) is 18.9. The van der Waals surface area contributed by atoms with E-state index in [9.17, 15) is 4.79 Å². The van der Waals surface area contributed by atoms with Gasteiger partial charge in [0.05, 0.1) is 10.4 Å². The molecule has 0 spiro atoms. The summed E-state index contributed by atoms with van der Waals surface area (Å²) < 4.78 is 0. The second-order valence-corrected chi connectivity index (χ2v) is 5.64. The molecule has 0 unspecified atom stereocenters. The quantitative estimate of drug-likeness (QED) is 0.767. The Kier molecular flexibility index (Phi) is 2.98. The van der Waals surface area contributed by atoms with Crippen molar-refractivity contribution < 1.29 is 4.79 Å². The molecule has 0 amide bonds. The van der Waals surface area contributed by atoms with Gasteiger partial charge in [0.25, 0.3) is 0 Å². The number of hydrogen-bond donors (Lipinski definition) is 0. The van der Waals surface area contributed by atoms with E-state index in [4.69, 9.17) is 0 Å². The maximum absolute atomic E-state index is 11.9. The minimum absolute atomic E-state index is 0.195. The van der Waals surface area contributed by atoms with Crippen LogP contribution < -0.4 is 0 Å². The first-order valence-corrected chi connectivity index (χ1v) is 6.34. The molecule has 0 radical (unpaired) electrons. The van der Waals surface area contributed by atoms with Gasteiger partial charge in [-0.3, -0.25) is 9.78 Å². The first-order chi connectivity index (χ1) is 7.16.